The first-order chi connectivity index (χ1) is 23.6. The summed E-state index contributed by atoms with van der Waals surface area (Å²) in [7, 11) is 3.22. The molecule has 0 unspecified atom stereocenters. The number of rotatable bonds is 10. The third kappa shape index (κ3) is 7.32. The zero-order valence-electron chi connectivity index (χ0n) is 27.0. The molecule has 3 N–H and O–H groups in total. The van der Waals surface area contributed by atoms with Crippen molar-refractivity contribution in [1.29, 1.82) is 0 Å². The van der Waals surface area contributed by atoms with E-state index in [1.807, 2.05) is 30.1 Å². The van der Waals surface area contributed by atoms with E-state index in [1.165, 1.54) is 33.6 Å². The topological polar surface area (TPSA) is 131 Å². The van der Waals surface area contributed by atoms with Crippen LogP contribution < -0.4 is 22.0 Å². The molecule has 1 saturated carbocycles. The van der Waals surface area contributed by atoms with Crippen LogP contribution in [-0.2, 0) is 24.5 Å². The average molecular weight is 691 g/mol. The lowest BCUT2D eigenvalue weighted by Gasteiger charge is -2.27. The van der Waals surface area contributed by atoms with E-state index in [4.69, 9.17) is 0 Å². The van der Waals surface area contributed by atoms with Gasteiger partial charge in [0.25, 0.3) is 5.56 Å². The van der Waals surface area contributed by atoms with Crippen LogP contribution in [0.4, 0.5) is 19.3 Å². The third-order valence-electron chi connectivity index (χ3n) is 8.70. The summed E-state index contributed by atoms with van der Waals surface area (Å²) in [6, 6.07) is 15.1. The lowest BCUT2D eigenvalue weighted by molar-refractivity contribution is 0.108. The molecule has 3 heterocycles. The van der Waals surface area contributed by atoms with Gasteiger partial charge in [0.05, 0.1) is 30.8 Å². The maximum atomic E-state index is 15.0. The fourth-order valence-electron chi connectivity index (χ4n) is 6.34. The first-order valence-electron chi connectivity index (χ1n) is 15.8. The summed E-state index contributed by atoms with van der Waals surface area (Å²) < 4.78 is 32.6. The van der Waals surface area contributed by atoms with Crippen molar-refractivity contribution >= 4 is 33.3 Å². The Kier molecular flexibility index (Phi) is 10.3. The predicted molar refractivity (Wildman–Crippen MR) is 183 cm³/mol. The number of hydrogen-bond acceptors (Lipinski definition) is 8. The summed E-state index contributed by atoms with van der Waals surface area (Å²) in [5.74, 6) is -1.60. The van der Waals surface area contributed by atoms with Crippen LogP contribution in [0.1, 0.15) is 48.5 Å². The van der Waals surface area contributed by atoms with Crippen LogP contribution in [0.5, 0.6) is 0 Å². The van der Waals surface area contributed by atoms with Crippen molar-refractivity contribution in [3.8, 4) is 10.4 Å². The maximum absolute atomic E-state index is 15.0. The SMILES string of the molecule is CONC(=O)Nc1ccc(-c2sc3c(c2CN(C)Cc2ccccn2)c(=O)n(C2CCC(O)CC2)c(=O)n3Cc2c(F)cccc2F)cc1. The van der Waals surface area contributed by atoms with Gasteiger partial charge >= 0.3 is 11.7 Å². The number of amides is 2. The molecule has 1 aliphatic carbocycles. The Bertz CT molecular complexity index is 2060. The Hall–Kier alpha value is -4.76. The summed E-state index contributed by atoms with van der Waals surface area (Å²) in [5.41, 5.74) is 3.43. The maximum Gasteiger partial charge on any atom is 0.343 e. The minimum Gasteiger partial charge on any atom is -0.393 e. The molecular formula is C35H36F2N6O5S. The molecule has 256 valence electrons. The largest absolute Gasteiger partial charge is 0.393 e. The van der Waals surface area contributed by atoms with Gasteiger partial charge in [-0.05, 0) is 80.3 Å². The first kappa shape index (κ1) is 34.1. The second-order valence-electron chi connectivity index (χ2n) is 12.1. The smallest absolute Gasteiger partial charge is 0.343 e. The highest BCUT2D eigenvalue weighted by molar-refractivity contribution is 7.22. The number of carbonyl (C=O) groups is 1. The molecule has 2 aromatic carbocycles. The number of aromatic nitrogens is 3. The van der Waals surface area contributed by atoms with Gasteiger partial charge in [0.2, 0.25) is 0 Å². The number of hydroxylamine groups is 1. The molecule has 0 saturated heterocycles. The lowest BCUT2D eigenvalue weighted by atomic mass is 9.93. The van der Waals surface area contributed by atoms with Gasteiger partial charge in [0.1, 0.15) is 16.5 Å². The Balaban J connectivity index is 1.56. The number of nitrogens with one attached hydrogen (secondary N) is 2. The number of thiophene rings is 1. The number of halogens is 2. The van der Waals surface area contributed by atoms with E-state index in [2.05, 4.69) is 20.6 Å². The second kappa shape index (κ2) is 14.8. The molecule has 6 rings (SSSR count). The molecule has 1 fully saturated rings. The average Bonchev–Trinajstić information content (AvgIpc) is 3.45. The fourth-order valence-corrected chi connectivity index (χ4v) is 7.64. The summed E-state index contributed by atoms with van der Waals surface area (Å²) in [5, 5.41) is 13.1. The highest BCUT2D eigenvalue weighted by atomic mass is 32.1. The van der Waals surface area contributed by atoms with Crippen LogP contribution in [-0.4, -0.2) is 50.4 Å². The normalized spacial score (nSPS) is 16.3. The van der Waals surface area contributed by atoms with Crippen molar-refractivity contribution < 1.29 is 23.5 Å². The van der Waals surface area contributed by atoms with Gasteiger partial charge < -0.3 is 10.4 Å². The number of hydrogen-bond donors (Lipinski definition) is 3. The standard InChI is InChI=1S/C35H36F2N6O5S/c1-41(18-23-6-3-4-17-38-23)19-27-30-32(45)43(24-13-15-25(44)16-14-24)35(47)42(20-26-28(36)7-5-8-29(26)37)33(30)49-31(27)21-9-11-22(12-10-21)39-34(46)40-48-2/h3-12,17,24-25,44H,13-16,18-20H2,1-2H3,(H2,39,40,46). The van der Waals surface area contributed by atoms with E-state index < -0.39 is 47.6 Å². The van der Waals surface area contributed by atoms with Crippen molar-refractivity contribution in [2.45, 2.75) is 57.5 Å². The summed E-state index contributed by atoms with van der Waals surface area (Å²) in [6.45, 7) is 0.320. The molecule has 3 aromatic heterocycles. The van der Waals surface area contributed by atoms with Crippen molar-refractivity contribution in [2.75, 3.05) is 19.5 Å². The minimum atomic E-state index is -0.800. The second-order valence-corrected chi connectivity index (χ2v) is 13.1. The summed E-state index contributed by atoms with van der Waals surface area (Å²) in [4.78, 5) is 52.9. The molecule has 0 bridgehead atoms. The van der Waals surface area contributed by atoms with Gasteiger partial charge in [-0.25, -0.2) is 23.9 Å². The highest BCUT2D eigenvalue weighted by Crippen LogP contribution is 2.39. The number of nitrogens with zero attached hydrogens (tertiary/aromatic N) is 4. The molecule has 0 aliphatic heterocycles. The molecule has 14 heteroatoms. The zero-order chi connectivity index (χ0) is 34.7. The number of anilines is 1. The number of fused-ring (bicyclic) bond motifs is 1. The number of pyridine rings is 1. The van der Waals surface area contributed by atoms with Gasteiger partial charge in [0, 0.05) is 41.5 Å². The Morgan fingerprint density at radius 2 is 1.71 bits per heavy atom. The van der Waals surface area contributed by atoms with Crippen LogP contribution in [0.25, 0.3) is 20.7 Å². The Morgan fingerprint density at radius 3 is 2.37 bits per heavy atom. The Labute approximate surface area is 284 Å². The number of urea groups is 1. The Morgan fingerprint density at radius 1 is 1.00 bits per heavy atom. The van der Waals surface area contributed by atoms with E-state index >= 15 is 8.78 Å². The van der Waals surface area contributed by atoms with Gasteiger partial charge in [0.15, 0.2) is 0 Å². The predicted octanol–water partition coefficient (Wildman–Crippen LogP) is 5.40. The summed E-state index contributed by atoms with van der Waals surface area (Å²) >= 11 is 1.20. The van der Waals surface area contributed by atoms with Crippen LogP contribution in [0, 0.1) is 11.6 Å². The minimum absolute atomic E-state index is 0.285. The molecule has 0 atom stereocenters. The van der Waals surface area contributed by atoms with Gasteiger partial charge in [-0.3, -0.25) is 28.7 Å². The number of aliphatic hydroxyl groups is 1. The quantitative estimate of drug-likeness (QED) is 0.167. The van der Waals surface area contributed by atoms with E-state index in [-0.39, 0.29) is 17.5 Å². The monoisotopic (exact) mass is 690 g/mol. The molecule has 49 heavy (non-hydrogen) atoms. The number of carbonyl (C=O) groups excluding carboxylic acids is 1. The molecule has 1 aliphatic rings. The van der Waals surface area contributed by atoms with Gasteiger partial charge in [-0.15, -0.1) is 11.3 Å². The fraction of sp³-hybridized carbons (Fsp3) is 0.314. The van der Waals surface area contributed by atoms with E-state index in [1.54, 1.807) is 30.5 Å². The first-order valence-corrected chi connectivity index (χ1v) is 16.7. The number of benzene rings is 2. The van der Waals surface area contributed by atoms with Gasteiger partial charge in [-0.1, -0.05) is 24.3 Å². The van der Waals surface area contributed by atoms with E-state index in [0.29, 0.717) is 58.7 Å². The lowest BCUT2D eigenvalue weighted by Crippen LogP contribution is -2.43. The van der Waals surface area contributed by atoms with Crippen molar-refractivity contribution in [1.82, 2.24) is 24.5 Å². The highest BCUT2D eigenvalue weighted by Gasteiger charge is 2.29. The summed E-state index contributed by atoms with van der Waals surface area (Å²) in [6.07, 6.45) is 2.85. The molecule has 0 spiro atoms. The third-order valence-corrected chi connectivity index (χ3v) is 10.0. The molecular weight excluding hydrogens is 654 g/mol. The molecule has 5 aromatic rings. The van der Waals surface area contributed by atoms with Crippen LogP contribution >= 0.6 is 11.3 Å². The van der Waals surface area contributed by atoms with Gasteiger partial charge in [-0.2, -0.15) is 0 Å². The van der Waals surface area contributed by atoms with E-state index in [9.17, 15) is 19.5 Å². The van der Waals surface area contributed by atoms with Crippen molar-refractivity contribution in [3.63, 3.8) is 0 Å². The van der Waals surface area contributed by atoms with Crippen molar-refractivity contribution in [2.24, 2.45) is 0 Å². The molecule has 2 amide bonds. The van der Waals surface area contributed by atoms with Crippen LogP contribution in [0.15, 0.2) is 76.4 Å². The van der Waals surface area contributed by atoms with Crippen LogP contribution in [0.2, 0.25) is 0 Å². The van der Waals surface area contributed by atoms with Crippen LogP contribution in [0.3, 0.4) is 0 Å². The molecule has 0 radical (unpaired) electrons. The molecule has 11 nitrogen and oxygen atoms in total. The zero-order valence-corrected chi connectivity index (χ0v) is 27.8. The van der Waals surface area contributed by atoms with E-state index in [0.717, 1.165) is 17.8 Å². The number of aliphatic hydroxyl groups excluding tert-OH is 1. The van der Waals surface area contributed by atoms with Crippen molar-refractivity contribution in [3.05, 3.63) is 116 Å².